The molecule has 15 heavy (non-hydrogen) atoms. The first-order valence-electron chi connectivity index (χ1n) is 5.01. The van der Waals surface area contributed by atoms with Crippen LogP contribution in [0.5, 0.6) is 0 Å². The van der Waals surface area contributed by atoms with E-state index < -0.39 is 0 Å². The molecule has 0 radical (unpaired) electrons. The Hall–Kier alpha value is -1.61. The predicted octanol–water partition coefficient (Wildman–Crippen LogP) is 1.71. The lowest BCUT2D eigenvalue weighted by atomic mass is 10.1. The normalized spacial score (nSPS) is 10.8. The van der Waals surface area contributed by atoms with Crippen LogP contribution in [0.3, 0.4) is 0 Å². The van der Waals surface area contributed by atoms with Crippen LogP contribution in [0, 0.1) is 0 Å². The zero-order valence-electron chi connectivity index (χ0n) is 8.73. The van der Waals surface area contributed by atoms with Gasteiger partial charge in [0.2, 0.25) is 0 Å². The van der Waals surface area contributed by atoms with Crippen LogP contribution in [0.2, 0.25) is 0 Å². The van der Waals surface area contributed by atoms with Gasteiger partial charge in [0, 0.05) is 36.1 Å². The minimum Gasteiger partial charge on any atom is -0.350 e. The Labute approximate surface area is 88.5 Å². The maximum absolute atomic E-state index is 11.8. The quantitative estimate of drug-likeness (QED) is 0.770. The van der Waals surface area contributed by atoms with Crippen molar-refractivity contribution in [3.05, 3.63) is 36.0 Å². The molecule has 2 aromatic rings. The summed E-state index contributed by atoms with van der Waals surface area (Å²) in [7, 11) is 1.95. The maximum Gasteiger partial charge on any atom is 0.166 e. The van der Waals surface area contributed by atoms with Crippen LogP contribution in [0.25, 0.3) is 10.9 Å². The van der Waals surface area contributed by atoms with E-state index in [4.69, 9.17) is 5.73 Å². The molecule has 0 aliphatic heterocycles. The van der Waals surface area contributed by atoms with Crippen LogP contribution >= 0.6 is 0 Å². The van der Waals surface area contributed by atoms with E-state index in [-0.39, 0.29) is 5.78 Å². The van der Waals surface area contributed by atoms with Crippen LogP contribution < -0.4 is 5.73 Å². The number of rotatable bonds is 3. The molecule has 0 aliphatic rings. The van der Waals surface area contributed by atoms with Crippen LogP contribution in [-0.4, -0.2) is 16.9 Å². The predicted molar refractivity (Wildman–Crippen MR) is 60.9 cm³/mol. The molecule has 0 saturated carbocycles. The van der Waals surface area contributed by atoms with Crippen LogP contribution in [0.15, 0.2) is 30.5 Å². The van der Waals surface area contributed by atoms with E-state index in [9.17, 15) is 4.79 Å². The first-order valence-corrected chi connectivity index (χ1v) is 5.01. The minimum atomic E-state index is 0.120. The molecule has 0 spiro atoms. The Morgan fingerprint density at radius 3 is 2.87 bits per heavy atom. The van der Waals surface area contributed by atoms with Gasteiger partial charge in [-0.15, -0.1) is 0 Å². The van der Waals surface area contributed by atoms with Crippen molar-refractivity contribution in [2.24, 2.45) is 12.8 Å². The van der Waals surface area contributed by atoms with Crippen molar-refractivity contribution in [1.29, 1.82) is 0 Å². The molecule has 0 aliphatic carbocycles. The number of aromatic nitrogens is 1. The zero-order valence-corrected chi connectivity index (χ0v) is 8.73. The van der Waals surface area contributed by atoms with E-state index in [1.165, 1.54) is 0 Å². The number of para-hydroxylation sites is 1. The Balaban J connectivity index is 2.57. The topological polar surface area (TPSA) is 48.0 Å². The van der Waals surface area contributed by atoms with Crippen molar-refractivity contribution >= 4 is 16.7 Å². The van der Waals surface area contributed by atoms with Crippen LogP contribution in [0.4, 0.5) is 0 Å². The number of carbonyl (C=O) groups is 1. The fourth-order valence-electron chi connectivity index (χ4n) is 1.83. The second kappa shape index (κ2) is 3.87. The second-order valence-corrected chi connectivity index (χ2v) is 3.63. The Morgan fingerprint density at radius 1 is 1.40 bits per heavy atom. The summed E-state index contributed by atoms with van der Waals surface area (Å²) in [6.07, 6.45) is 2.29. The number of nitrogens with two attached hydrogens (primary N) is 1. The highest BCUT2D eigenvalue weighted by molar-refractivity contribution is 6.08. The highest BCUT2D eigenvalue weighted by atomic mass is 16.1. The van der Waals surface area contributed by atoms with E-state index in [1.54, 1.807) is 0 Å². The molecule has 2 rings (SSSR count). The van der Waals surface area contributed by atoms with Gasteiger partial charge < -0.3 is 10.3 Å². The minimum absolute atomic E-state index is 0.120. The van der Waals surface area contributed by atoms with Gasteiger partial charge in [-0.05, 0) is 12.6 Å². The number of nitrogens with zero attached hydrogens (tertiary/aromatic N) is 1. The van der Waals surface area contributed by atoms with Gasteiger partial charge in [0.25, 0.3) is 0 Å². The molecule has 0 amide bonds. The Morgan fingerprint density at radius 2 is 2.13 bits per heavy atom. The maximum atomic E-state index is 11.8. The van der Waals surface area contributed by atoms with Crippen molar-refractivity contribution in [1.82, 2.24) is 4.57 Å². The number of Topliss-reactive ketones (excluding diaryl/α,β-unsaturated/α-hetero) is 1. The molecule has 0 saturated heterocycles. The second-order valence-electron chi connectivity index (χ2n) is 3.63. The third kappa shape index (κ3) is 1.66. The van der Waals surface area contributed by atoms with Crippen LogP contribution in [-0.2, 0) is 7.05 Å². The van der Waals surface area contributed by atoms with Gasteiger partial charge in [0.1, 0.15) is 0 Å². The van der Waals surface area contributed by atoms with Crippen molar-refractivity contribution < 1.29 is 4.79 Å². The standard InChI is InChI=1S/C12H14N2O/c1-14-8-10(12(15)6-7-13)9-4-2-3-5-11(9)14/h2-5,8H,6-7,13H2,1H3. The summed E-state index contributed by atoms with van der Waals surface area (Å²) in [6.45, 7) is 0.405. The van der Waals surface area contributed by atoms with Crippen molar-refractivity contribution in [3.63, 3.8) is 0 Å². The summed E-state index contributed by atoms with van der Waals surface area (Å²) in [6, 6.07) is 7.90. The zero-order chi connectivity index (χ0) is 10.8. The summed E-state index contributed by atoms with van der Waals surface area (Å²) in [4.78, 5) is 11.8. The molecule has 1 aromatic carbocycles. The average molecular weight is 202 g/mol. The highest BCUT2D eigenvalue weighted by Crippen LogP contribution is 2.21. The molecule has 3 heteroatoms. The lowest BCUT2D eigenvalue weighted by Gasteiger charge is -1.95. The van der Waals surface area contributed by atoms with E-state index in [1.807, 2.05) is 42.1 Å². The summed E-state index contributed by atoms with van der Waals surface area (Å²) in [5.74, 6) is 0.120. The lowest BCUT2D eigenvalue weighted by molar-refractivity contribution is 0.0987. The van der Waals surface area contributed by atoms with Gasteiger partial charge in [-0.2, -0.15) is 0 Å². The average Bonchev–Trinajstić information content (AvgIpc) is 2.58. The molecule has 2 N–H and O–H groups in total. The molecule has 1 aromatic heterocycles. The largest absolute Gasteiger partial charge is 0.350 e. The molecular weight excluding hydrogens is 188 g/mol. The molecule has 0 atom stereocenters. The number of fused-ring (bicyclic) bond motifs is 1. The molecule has 0 bridgehead atoms. The number of aryl methyl sites for hydroxylation is 1. The van der Waals surface area contributed by atoms with Crippen LogP contribution in [0.1, 0.15) is 16.8 Å². The first-order chi connectivity index (χ1) is 7.24. The third-order valence-electron chi connectivity index (χ3n) is 2.57. The van der Waals surface area contributed by atoms with Gasteiger partial charge in [-0.25, -0.2) is 0 Å². The summed E-state index contributed by atoms with van der Waals surface area (Å²) >= 11 is 0. The molecule has 1 heterocycles. The summed E-state index contributed by atoms with van der Waals surface area (Å²) in [5.41, 5.74) is 7.25. The van der Waals surface area contributed by atoms with Crippen molar-refractivity contribution in [3.8, 4) is 0 Å². The molecule has 0 fully saturated rings. The third-order valence-corrected chi connectivity index (χ3v) is 2.57. The molecule has 78 valence electrons. The molecular formula is C12H14N2O. The van der Waals surface area contributed by atoms with Gasteiger partial charge in [-0.3, -0.25) is 4.79 Å². The number of ketones is 1. The van der Waals surface area contributed by atoms with Gasteiger partial charge >= 0.3 is 0 Å². The van der Waals surface area contributed by atoms with E-state index in [0.717, 1.165) is 16.5 Å². The fourth-order valence-corrected chi connectivity index (χ4v) is 1.83. The summed E-state index contributed by atoms with van der Waals surface area (Å²) in [5, 5.41) is 1.01. The number of hydrogen-bond donors (Lipinski definition) is 1. The molecule has 0 unspecified atom stereocenters. The molecule has 3 nitrogen and oxygen atoms in total. The van der Waals surface area contributed by atoms with E-state index >= 15 is 0 Å². The van der Waals surface area contributed by atoms with E-state index in [2.05, 4.69) is 0 Å². The Bertz CT molecular complexity index is 499. The van der Waals surface area contributed by atoms with E-state index in [0.29, 0.717) is 13.0 Å². The smallest absolute Gasteiger partial charge is 0.166 e. The number of hydrogen-bond acceptors (Lipinski definition) is 2. The highest BCUT2D eigenvalue weighted by Gasteiger charge is 2.12. The number of benzene rings is 1. The van der Waals surface area contributed by atoms with Crippen molar-refractivity contribution in [2.75, 3.05) is 6.54 Å². The monoisotopic (exact) mass is 202 g/mol. The lowest BCUT2D eigenvalue weighted by Crippen LogP contribution is -2.07. The summed E-state index contributed by atoms with van der Waals surface area (Å²) < 4.78 is 1.97. The van der Waals surface area contributed by atoms with Gasteiger partial charge in [0.15, 0.2) is 5.78 Å². The Kier molecular flexibility index (Phi) is 2.56. The van der Waals surface area contributed by atoms with Gasteiger partial charge in [-0.1, -0.05) is 18.2 Å². The van der Waals surface area contributed by atoms with Crippen molar-refractivity contribution in [2.45, 2.75) is 6.42 Å². The van der Waals surface area contributed by atoms with Gasteiger partial charge in [0.05, 0.1) is 0 Å². The SMILES string of the molecule is Cn1cc(C(=O)CCN)c2ccccc21. The number of carbonyl (C=O) groups excluding carboxylic acids is 1. The fraction of sp³-hybridized carbons (Fsp3) is 0.250. The first kappa shape index (κ1) is 9.93.